The first-order valence-electron chi connectivity index (χ1n) is 7.50. The van der Waals surface area contributed by atoms with Crippen molar-refractivity contribution in [1.29, 1.82) is 0 Å². The summed E-state index contributed by atoms with van der Waals surface area (Å²) in [7, 11) is 0. The molecule has 1 aliphatic carbocycles. The van der Waals surface area contributed by atoms with Gasteiger partial charge >= 0.3 is 0 Å². The van der Waals surface area contributed by atoms with Gasteiger partial charge in [-0.15, -0.1) is 0 Å². The van der Waals surface area contributed by atoms with E-state index in [9.17, 15) is 0 Å². The van der Waals surface area contributed by atoms with Gasteiger partial charge in [0.25, 0.3) is 0 Å². The molecule has 2 heteroatoms. The molecule has 1 saturated heterocycles. The van der Waals surface area contributed by atoms with Gasteiger partial charge in [0, 0.05) is 18.6 Å². The van der Waals surface area contributed by atoms with Crippen molar-refractivity contribution in [2.75, 3.05) is 13.1 Å². The standard InChI is InChI=1S/C15H30N2/c1-15(2,3)14(11-16)17-10-6-9-13(17)12-7-4-5-8-12/h12-14H,4-11,16H2,1-3H3. The highest BCUT2D eigenvalue weighted by atomic mass is 15.2. The maximum absolute atomic E-state index is 6.06. The molecule has 1 saturated carbocycles. The number of hydrogen-bond donors (Lipinski definition) is 1. The predicted molar refractivity (Wildman–Crippen MR) is 74.0 cm³/mol. The van der Waals surface area contributed by atoms with Gasteiger partial charge in [0.2, 0.25) is 0 Å². The van der Waals surface area contributed by atoms with Crippen LogP contribution >= 0.6 is 0 Å². The summed E-state index contributed by atoms with van der Waals surface area (Å²) in [5.74, 6) is 0.967. The molecule has 2 N–H and O–H groups in total. The molecule has 2 nitrogen and oxygen atoms in total. The summed E-state index contributed by atoms with van der Waals surface area (Å²) in [5.41, 5.74) is 6.37. The van der Waals surface area contributed by atoms with Gasteiger partial charge in [0.05, 0.1) is 0 Å². The van der Waals surface area contributed by atoms with Gasteiger partial charge in [0.15, 0.2) is 0 Å². The molecule has 2 rings (SSSR count). The first-order valence-corrected chi connectivity index (χ1v) is 7.50. The van der Waals surface area contributed by atoms with E-state index < -0.39 is 0 Å². The minimum Gasteiger partial charge on any atom is -0.329 e. The molecule has 0 bridgehead atoms. The molecule has 0 spiro atoms. The van der Waals surface area contributed by atoms with Gasteiger partial charge in [0.1, 0.15) is 0 Å². The Morgan fingerprint density at radius 2 is 1.76 bits per heavy atom. The maximum Gasteiger partial charge on any atom is 0.0269 e. The lowest BCUT2D eigenvalue weighted by Crippen LogP contribution is -2.52. The average Bonchev–Trinajstić information content (AvgIpc) is 2.83. The van der Waals surface area contributed by atoms with Crippen molar-refractivity contribution < 1.29 is 0 Å². The van der Waals surface area contributed by atoms with Crippen LogP contribution in [0.25, 0.3) is 0 Å². The summed E-state index contributed by atoms with van der Waals surface area (Å²) in [4.78, 5) is 2.76. The van der Waals surface area contributed by atoms with Gasteiger partial charge < -0.3 is 5.73 Å². The minimum atomic E-state index is 0.315. The van der Waals surface area contributed by atoms with E-state index >= 15 is 0 Å². The summed E-state index contributed by atoms with van der Waals surface area (Å²) >= 11 is 0. The van der Waals surface area contributed by atoms with Crippen LogP contribution in [0, 0.1) is 11.3 Å². The van der Waals surface area contributed by atoms with E-state index in [-0.39, 0.29) is 0 Å². The lowest BCUT2D eigenvalue weighted by Gasteiger charge is -2.42. The molecular weight excluding hydrogens is 208 g/mol. The lowest BCUT2D eigenvalue weighted by atomic mass is 9.84. The summed E-state index contributed by atoms with van der Waals surface area (Å²) < 4.78 is 0. The maximum atomic E-state index is 6.06. The topological polar surface area (TPSA) is 29.3 Å². The Bertz CT molecular complexity index is 238. The van der Waals surface area contributed by atoms with Gasteiger partial charge in [-0.2, -0.15) is 0 Å². The molecule has 2 atom stereocenters. The van der Waals surface area contributed by atoms with Crippen molar-refractivity contribution in [3.8, 4) is 0 Å². The molecule has 1 aliphatic heterocycles. The van der Waals surface area contributed by atoms with E-state index in [1.807, 2.05) is 0 Å². The third-order valence-corrected chi connectivity index (χ3v) is 4.91. The average molecular weight is 238 g/mol. The number of nitrogens with two attached hydrogens (primary N) is 1. The molecule has 17 heavy (non-hydrogen) atoms. The molecule has 0 radical (unpaired) electrons. The number of nitrogens with zero attached hydrogens (tertiary/aromatic N) is 1. The molecular formula is C15H30N2. The highest BCUT2D eigenvalue weighted by molar-refractivity contribution is 4.94. The van der Waals surface area contributed by atoms with E-state index in [4.69, 9.17) is 5.73 Å². The fourth-order valence-electron chi connectivity index (χ4n) is 4.04. The Morgan fingerprint density at radius 1 is 1.12 bits per heavy atom. The van der Waals surface area contributed by atoms with E-state index in [2.05, 4.69) is 25.7 Å². The first kappa shape index (κ1) is 13.4. The summed E-state index contributed by atoms with van der Waals surface area (Å²) in [6.45, 7) is 9.12. The number of hydrogen-bond acceptors (Lipinski definition) is 2. The van der Waals surface area contributed by atoms with E-state index in [0.717, 1.165) is 18.5 Å². The Balaban J connectivity index is 2.07. The quantitative estimate of drug-likeness (QED) is 0.819. The van der Waals surface area contributed by atoms with Crippen LogP contribution < -0.4 is 5.73 Å². The number of rotatable bonds is 3. The van der Waals surface area contributed by atoms with Crippen LogP contribution in [0.5, 0.6) is 0 Å². The van der Waals surface area contributed by atoms with Crippen molar-refractivity contribution in [3.63, 3.8) is 0 Å². The fraction of sp³-hybridized carbons (Fsp3) is 1.00. The van der Waals surface area contributed by atoms with Crippen molar-refractivity contribution in [1.82, 2.24) is 4.90 Å². The zero-order valence-electron chi connectivity index (χ0n) is 11.9. The van der Waals surface area contributed by atoms with Crippen molar-refractivity contribution >= 4 is 0 Å². The Labute approximate surface area is 107 Å². The van der Waals surface area contributed by atoms with Crippen LogP contribution in [-0.4, -0.2) is 30.1 Å². The third-order valence-electron chi connectivity index (χ3n) is 4.91. The zero-order chi connectivity index (χ0) is 12.5. The second kappa shape index (κ2) is 5.27. The fourth-order valence-corrected chi connectivity index (χ4v) is 4.04. The zero-order valence-corrected chi connectivity index (χ0v) is 11.9. The highest BCUT2D eigenvalue weighted by Gasteiger charge is 2.40. The molecule has 100 valence electrons. The normalized spacial score (nSPS) is 30.0. The lowest BCUT2D eigenvalue weighted by molar-refractivity contribution is 0.0683. The molecule has 0 aromatic carbocycles. The monoisotopic (exact) mass is 238 g/mol. The van der Waals surface area contributed by atoms with Crippen molar-refractivity contribution in [3.05, 3.63) is 0 Å². The summed E-state index contributed by atoms with van der Waals surface area (Å²) in [6, 6.07) is 1.40. The molecule has 1 heterocycles. The molecule has 0 aromatic heterocycles. The second-order valence-electron chi connectivity index (χ2n) is 7.11. The first-order chi connectivity index (χ1) is 8.04. The smallest absolute Gasteiger partial charge is 0.0269 e. The Hall–Kier alpha value is -0.0800. The van der Waals surface area contributed by atoms with Gasteiger partial charge in [-0.05, 0) is 43.6 Å². The van der Waals surface area contributed by atoms with Crippen LogP contribution in [0.2, 0.25) is 0 Å². The highest BCUT2D eigenvalue weighted by Crippen LogP contribution is 2.38. The van der Waals surface area contributed by atoms with Crippen LogP contribution in [0.3, 0.4) is 0 Å². The Morgan fingerprint density at radius 3 is 2.29 bits per heavy atom. The molecule has 2 fully saturated rings. The third kappa shape index (κ3) is 2.85. The molecule has 2 aliphatic rings. The van der Waals surface area contributed by atoms with E-state index in [1.54, 1.807) is 0 Å². The van der Waals surface area contributed by atoms with Crippen LogP contribution in [0.1, 0.15) is 59.3 Å². The van der Waals surface area contributed by atoms with Gasteiger partial charge in [-0.3, -0.25) is 4.90 Å². The molecule has 0 aromatic rings. The number of likely N-dealkylation sites (tertiary alicyclic amines) is 1. The van der Waals surface area contributed by atoms with Crippen LogP contribution in [0.4, 0.5) is 0 Å². The largest absolute Gasteiger partial charge is 0.329 e. The summed E-state index contributed by atoms with van der Waals surface area (Å²) in [6.07, 6.45) is 8.63. The predicted octanol–water partition coefficient (Wildman–Crippen LogP) is 3.01. The van der Waals surface area contributed by atoms with Gasteiger partial charge in [-0.25, -0.2) is 0 Å². The van der Waals surface area contributed by atoms with E-state index in [1.165, 1.54) is 45.1 Å². The molecule has 2 unspecified atom stereocenters. The van der Waals surface area contributed by atoms with Crippen molar-refractivity contribution in [2.24, 2.45) is 17.1 Å². The Kier molecular flexibility index (Phi) is 4.14. The summed E-state index contributed by atoms with van der Waals surface area (Å²) in [5, 5.41) is 0. The van der Waals surface area contributed by atoms with Gasteiger partial charge in [-0.1, -0.05) is 33.6 Å². The van der Waals surface area contributed by atoms with Crippen LogP contribution in [0.15, 0.2) is 0 Å². The minimum absolute atomic E-state index is 0.315. The second-order valence-corrected chi connectivity index (χ2v) is 7.11. The molecule has 0 amide bonds. The SMILES string of the molecule is CC(C)(C)C(CN)N1CCCC1C1CCCC1. The van der Waals surface area contributed by atoms with Crippen molar-refractivity contribution in [2.45, 2.75) is 71.4 Å². The van der Waals surface area contributed by atoms with E-state index in [0.29, 0.717) is 11.5 Å². The van der Waals surface area contributed by atoms with Crippen LogP contribution in [-0.2, 0) is 0 Å².